The third-order valence-electron chi connectivity index (χ3n) is 9.00. The van der Waals surface area contributed by atoms with Crippen LogP contribution >= 0.6 is 11.3 Å². The van der Waals surface area contributed by atoms with Gasteiger partial charge in [-0.15, -0.1) is 11.3 Å². The summed E-state index contributed by atoms with van der Waals surface area (Å²) < 4.78 is 5.99. The molecule has 2 fully saturated rings. The molecule has 9 heteroatoms. The molecule has 1 aromatic heterocycles. The van der Waals surface area contributed by atoms with E-state index in [2.05, 4.69) is 20.6 Å². The zero-order valence-electron chi connectivity index (χ0n) is 25.2. The van der Waals surface area contributed by atoms with E-state index in [0.29, 0.717) is 42.5 Å². The van der Waals surface area contributed by atoms with E-state index in [4.69, 9.17) is 4.74 Å². The van der Waals surface area contributed by atoms with Gasteiger partial charge in [0.1, 0.15) is 11.5 Å². The summed E-state index contributed by atoms with van der Waals surface area (Å²) in [6, 6.07) is 14.8. The number of hydrogen-bond donors (Lipinski definition) is 1. The molecule has 2 aromatic carbocycles. The van der Waals surface area contributed by atoms with Crippen LogP contribution in [-0.4, -0.2) is 32.8 Å². The Hall–Kier alpha value is -3.30. The van der Waals surface area contributed by atoms with Crippen molar-refractivity contribution >= 4 is 22.9 Å². The number of carbonyl (C=O) groups is 1. The third-order valence-corrected chi connectivity index (χ3v) is 9.83. The molecule has 0 saturated heterocycles. The van der Waals surface area contributed by atoms with E-state index in [9.17, 15) is 14.9 Å². The van der Waals surface area contributed by atoms with Gasteiger partial charge in [0.2, 0.25) is 5.91 Å². The van der Waals surface area contributed by atoms with Crippen LogP contribution in [-0.2, 0) is 17.9 Å². The van der Waals surface area contributed by atoms with Crippen molar-refractivity contribution in [3.63, 3.8) is 0 Å². The Morgan fingerprint density at radius 3 is 2.44 bits per heavy atom. The molecule has 1 N–H and O–H groups in total. The highest BCUT2D eigenvalue weighted by molar-refractivity contribution is 7.09. The monoisotopic (exact) mass is 604 g/mol. The lowest BCUT2D eigenvalue weighted by atomic mass is 9.82. The van der Waals surface area contributed by atoms with E-state index in [1.165, 1.54) is 44.6 Å². The molecule has 1 amide bonds. The van der Waals surface area contributed by atoms with Crippen molar-refractivity contribution in [3.05, 3.63) is 80.3 Å². The number of benzene rings is 2. The summed E-state index contributed by atoms with van der Waals surface area (Å²) >= 11 is 1.63. The molecule has 0 spiro atoms. The lowest BCUT2D eigenvalue weighted by Gasteiger charge is -2.35. The van der Waals surface area contributed by atoms with Crippen molar-refractivity contribution in [2.75, 3.05) is 0 Å². The topological polar surface area (TPSA) is 97.6 Å². The number of aromatic nitrogens is 1. The molecule has 230 valence electrons. The van der Waals surface area contributed by atoms with E-state index < -0.39 is 0 Å². The fourth-order valence-electron chi connectivity index (χ4n) is 6.74. The summed E-state index contributed by atoms with van der Waals surface area (Å²) in [5.74, 6) is 1.90. The number of para-hydroxylation sites is 1. The maximum absolute atomic E-state index is 13.8. The number of nitro benzene ring substituents is 1. The Morgan fingerprint density at radius 2 is 1.77 bits per heavy atom. The molecule has 2 saturated carbocycles. The molecule has 0 bridgehead atoms. The predicted molar refractivity (Wildman–Crippen MR) is 170 cm³/mol. The minimum Gasteiger partial charge on any atom is -0.457 e. The molecular weight excluding hydrogens is 560 g/mol. The molecule has 2 aliphatic carbocycles. The van der Waals surface area contributed by atoms with Crippen molar-refractivity contribution in [1.82, 2.24) is 15.2 Å². The summed E-state index contributed by atoms with van der Waals surface area (Å²) in [6.07, 6.45) is 12.7. The number of nitrogens with one attached hydrogen (secondary N) is 1. The van der Waals surface area contributed by atoms with Gasteiger partial charge >= 0.3 is 0 Å². The number of ether oxygens (including phenoxy) is 1. The molecule has 0 unspecified atom stereocenters. The van der Waals surface area contributed by atoms with Crippen molar-refractivity contribution in [2.45, 2.75) is 109 Å². The molecule has 8 nitrogen and oxygen atoms in total. The van der Waals surface area contributed by atoms with Gasteiger partial charge in [0.05, 0.1) is 22.2 Å². The van der Waals surface area contributed by atoms with Crippen LogP contribution in [0.25, 0.3) is 0 Å². The zero-order chi connectivity index (χ0) is 30.0. The van der Waals surface area contributed by atoms with Crippen molar-refractivity contribution in [3.8, 4) is 11.5 Å². The largest absolute Gasteiger partial charge is 0.457 e. The second-order valence-electron chi connectivity index (χ2n) is 12.1. The molecule has 1 atom stereocenters. The third kappa shape index (κ3) is 8.86. The maximum atomic E-state index is 13.8. The molecular formula is C34H44N4O4S. The first-order chi connectivity index (χ1) is 21.0. The van der Waals surface area contributed by atoms with Gasteiger partial charge in [0.15, 0.2) is 0 Å². The Kier molecular flexibility index (Phi) is 11.2. The Bertz CT molecular complexity index is 1340. The van der Waals surface area contributed by atoms with Gasteiger partial charge in [-0.3, -0.25) is 14.9 Å². The minimum absolute atomic E-state index is 0.0772. The first-order valence-corrected chi connectivity index (χ1v) is 16.8. The smallest absolute Gasteiger partial charge is 0.274 e. The molecule has 3 aromatic rings. The zero-order valence-corrected chi connectivity index (χ0v) is 26.0. The summed E-state index contributed by atoms with van der Waals surface area (Å²) in [7, 11) is 0. The van der Waals surface area contributed by atoms with Gasteiger partial charge in [0, 0.05) is 42.1 Å². The van der Waals surface area contributed by atoms with Crippen LogP contribution in [0.3, 0.4) is 0 Å². The van der Waals surface area contributed by atoms with Crippen LogP contribution in [0.4, 0.5) is 5.69 Å². The first kappa shape index (κ1) is 31.1. The number of amides is 1. The quantitative estimate of drug-likeness (QED) is 0.156. The number of aryl methyl sites for hydroxylation is 1. The summed E-state index contributed by atoms with van der Waals surface area (Å²) in [6.45, 7) is 2.94. The Morgan fingerprint density at radius 1 is 1.05 bits per heavy atom. The average molecular weight is 605 g/mol. The van der Waals surface area contributed by atoms with Gasteiger partial charge in [-0.25, -0.2) is 4.98 Å². The average Bonchev–Trinajstić information content (AvgIpc) is 3.45. The molecule has 5 rings (SSSR count). The predicted octanol–water partition coefficient (Wildman–Crippen LogP) is 8.33. The highest BCUT2D eigenvalue weighted by Gasteiger charge is 2.29. The van der Waals surface area contributed by atoms with Crippen molar-refractivity contribution < 1.29 is 14.5 Å². The van der Waals surface area contributed by atoms with Gasteiger partial charge in [-0.05, 0) is 69.2 Å². The number of hydrogen-bond acceptors (Lipinski definition) is 7. The van der Waals surface area contributed by atoms with Gasteiger partial charge < -0.3 is 15.0 Å². The van der Waals surface area contributed by atoms with E-state index in [0.717, 1.165) is 42.8 Å². The van der Waals surface area contributed by atoms with Gasteiger partial charge in [-0.2, -0.15) is 0 Å². The minimum atomic E-state index is -0.329. The van der Waals surface area contributed by atoms with E-state index in [1.807, 2.05) is 37.3 Å². The standard InChI is InChI=1S/C34H44N4O4S/c1-25-36-28(24-43-25)23-37(29-13-7-3-8-14-29)34(39)20-18-32(26-11-5-2-6-12-26)35-22-27-21-31(17-19-33(27)38(40)41)42-30-15-9-4-10-16-30/h4,9-10,15-17,19,21,24,26,29,32,35H,2-3,5-8,11-14,18,20,22-23H2,1H3/t32-/m0/s1. The second-order valence-corrected chi connectivity index (χ2v) is 13.1. The maximum Gasteiger partial charge on any atom is 0.274 e. The van der Waals surface area contributed by atoms with E-state index >= 15 is 0 Å². The Balaban J connectivity index is 1.29. The fraction of sp³-hybridized carbons (Fsp3) is 0.529. The van der Waals surface area contributed by atoms with Crippen molar-refractivity contribution in [2.24, 2.45) is 5.92 Å². The fourth-order valence-corrected chi connectivity index (χ4v) is 7.35. The Labute approximate surface area is 259 Å². The van der Waals surface area contributed by atoms with Crippen LogP contribution in [0.5, 0.6) is 11.5 Å². The molecule has 0 radical (unpaired) electrons. The van der Waals surface area contributed by atoms with E-state index in [-0.39, 0.29) is 28.6 Å². The summed E-state index contributed by atoms with van der Waals surface area (Å²) in [4.78, 5) is 32.2. The lowest BCUT2D eigenvalue weighted by molar-refractivity contribution is -0.385. The molecule has 2 aliphatic rings. The number of nitrogens with zero attached hydrogens (tertiary/aromatic N) is 3. The SMILES string of the molecule is Cc1nc(CN(C(=O)CC[C@H](NCc2cc(Oc3ccccc3)ccc2[N+](=O)[O-])C2CCCCC2)C2CCCCC2)cs1. The highest BCUT2D eigenvalue weighted by Crippen LogP contribution is 2.32. The van der Waals surface area contributed by atoms with Crippen LogP contribution in [0, 0.1) is 23.0 Å². The molecule has 1 heterocycles. The number of carbonyl (C=O) groups excluding carboxylic acids is 1. The van der Waals surface area contributed by atoms with E-state index in [1.54, 1.807) is 23.5 Å². The van der Waals surface area contributed by atoms with Crippen LogP contribution < -0.4 is 10.1 Å². The van der Waals surface area contributed by atoms with Crippen LogP contribution in [0.15, 0.2) is 53.9 Å². The van der Waals surface area contributed by atoms with Crippen LogP contribution in [0.2, 0.25) is 0 Å². The summed E-state index contributed by atoms with van der Waals surface area (Å²) in [5, 5.41) is 18.7. The number of nitro groups is 1. The molecule has 0 aliphatic heterocycles. The van der Waals surface area contributed by atoms with Gasteiger partial charge in [0.25, 0.3) is 5.69 Å². The lowest BCUT2D eigenvalue weighted by Crippen LogP contribution is -2.43. The van der Waals surface area contributed by atoms with Gasteiger partial charge in [-0.1, -0.05) is 56.7 Å². The highest BCUT2D eigenvalue weighted by atomic mass is 32.1. The second kappa shape index (κ2) is 15.4. The van der Waals surface area contributed by atoms with Crippen molar-refractivity contribution in [1.29, 1.82) is 0 Å². The summed E-state index contributed by atoms with van der Waals surface area (Å²) in [5.41, 5.74) is 1.65. The molecule has 43 heavy (non-hydrogen) atoms. The van der Waals surface area contributed by atoms with Crippen LogP contribution in [0.1, 0.15) is 93.3 Å². The first-order valence-electron chi connectivity index (χ1n) is 15.9. The number of rotatable bonds is 13. The number of thiazole rings is 1. The normalized spacial score (nSPS) is 17.0.